The van der Waals surface area contributed by atoms with E-state index in [1.165, 1.54) is 0 Å². The van der Waals surface area contributed by atoms with Crippen molar-refractivity contribution < 1.29 is 4.92 Å². The Kier molecular flexibility index (Phi) is 4.06. The van der Waals surface area contributed by atoms with Crippen LogP contribution in [0.4, 0.5) is 17.5 Å². The smallest absolute Gasteiger partial charge is 0.329 e. The van der Waals surface area contributed by atoms with Crippen LogP contribution in [0, 0.1) is 10.1 Å². The molecule has 1 atom stereocenters. The highest BCUT2D eigenvalue weighted by atomic mass is 16.6. The van der Waals surface area contributed by atoms with Crippen LogP contribution in [0.15, 0.2) is 49.2 Å². The van der Waals surface area contributed by atoms with Crippen molar-refractivity contribution in [2.24, 2.45) is 0 Å². The molecular weight excluding hydrogens is 310 g/mol. The molecule has 3 aromatic rings. The van der Waals surface area contributed by atoms with Gasteiger partial charge >= 0.3 is 5.69 Å². The molecule has 0 spiro atoms. The third-order valence-corrected chi connectivity index (χ3v) is 3.51. The van der Waals surface area contributed by atoms with Crippen LogP contribution in [0.2, 0.25) is 0 Å². The first-order valence-electron chi connectivity index (χ1n) is 7.16. The Labute approximate surface area is 137 Å². The van der Waals surface area contributed by atoms with Gasteiger partial charge in [-0.2, -0.15) is 4.98 Å². The minimum Gasteiger partial charge on any atom is -0.378 e. The van der Waals surface area contributed by atoms with Gasteiger partial charge in [0.25, 0.3) is 0 Å². The Morgan fingerprint density at radius 3 is 2.92 bits per heavy atom. The van der Waals surface area contributed by atoms with E-state index < -0.39 is 4.92 Å². The van der Waals surface area contributed by atoms with Gasteiger partial charge in [0.05, 0.1) is 17.3 Å². The second-order valence-corrected chi connectivity index (χ2v) is 5.15. The zero-order valence-electron chi connectivity index (χ0n) is 12.8. The highest BCUT2D eigenvalue weighted by Gasteiger charge is 2.15. The number of nitro groups is 1. The second kappa shape index (κ2) is 6.32. The van der Waals surface area contributed by atoms with Crippen molar-refractivity contribution in [3.63, 3.8) is 0 Å². The molecule has 2 heterocycles. The number of rotatable bonds is 5. The van der Waals surface area contributed by atoms with E-state index >= 15 is 0 Å². The van der Waals surface area contributed by atoms with E-state index in [2.05, 4.69) is 20.3 Å². The van der Waals surface area contributed by atoms with E-state index in [4.69, 9.17) is 5.73 Å². The first-order chi connectivity index (χ1) is 11.5. The molecule has 1 aromatic carbocycles. The maximum absolute atomic E-state index is 10.7. The van der Waals surface area contributed by atoms with Gasteiger partial charge in [-0.3, -0.25) is 10.1 Å². The van der Waals surface area contributed by atoms with Gasteiger partial charge in [0.1, 0.15) is 6.20 Å². The van der Waals surface area contributed by atoms with Crippen molar-refractivity contribution in [1.29, 1.82) is 0 Å². The standard InChI is InChI=1S/C15H15N7O2/c1-10(19-15-18-8-13(22(23)24)14(16)20-15)11-3-2-4-12(7-11)21-6-5-17-9-21/h2-10H,1H3,(H3,16,18,19,20). The number of nitrogens with zero attached hydrogens (tertiary/aromatic N) is 5. The van der Waals surface area contributed by atoms with Crippen LogP contribution in [-0.4, -0.2) is 24.4 Å². The van der Waals surface area contributed by atoms with Crippen molar-refractivity contribution in [2.45, 2.75) is 13.0 Å². The monoisotopic (exact) mass is 325 g/mol. The van der Waals surface area contributed by atoms with E-state index in [9.17, 15) is 10.1 Å². The fourth-order valence-electron chi connectivity index (χ4n) is 2.24. The van der Waals surface area contributed by atoms with Crippen LogP contribution in [0.25, 0.3) is 5.69 Å². The molecule has 0 radical (unpaired) electrons. The quantitative estimate of drug-likeness (QED) is 0.544. The maximum atomic E-state index is 10.7. The number of benzene rings is 1. The van der Waals surface area contributed by atoms with Crippen LogP contribution >= 0.6 is 0 Å². The lowest BCUT2D eigenvalue weighted by Gasteiger charge is -2.15. The summed E-state index contributed by atoms with van der Waals surface area (Å²) in [5.41, 5.74) is 7.25. The molecule has 0 bridgehead atoms. The number of hydrogen-bond acceptors (Lipinski definition) is 7. The average Bonchev–Trinajstić information content (AvgIpc) is 3.09. The number of aromatic nitrogens is 4. The molecule has 3 N–H and O–H groups in total. The average molecular weight is 325 g/mol. The number of anilines is 2. The van der Waals surface area contributed by atoms with Gasteiger partial charge in [-0.05, 0) is 24.6 Å². The Morgan fingerprint density at radius 1 is 1.42 bits per heavy atom. The summed E-state index contributed by atoms with van der Waals surface area (Å²) in [6.07, 6.45) is 6.38. The van der Waals surface area contributed by atoms with Gasteiger partial charge in [0.2, 0.25) is 11.8 Å². The second-order valence-electron chi connectivity index (χ2n) is 5.15. The summed E-state index contributed by atoms with van der Waals surface area (Å²) in [6, 6.07) is 7.77. The van der Waals surface area contributed by atoms with Crippen LogP contribution in [-0.2, 0) is 0 Å². The zero-order chi connectivity index (χ0) is 17.1. The summed E-state index contributed by atoms with van der Waals surface area (Å²) in [5.74, 6) is 0.0653. The third kappa shape index (κ3) is 3.14. The van der Waals surface area contributed by atoms with Gasteiger partial charge in [-0.15, -0.1) is 0 Å². The summed E-state index contributed by atoms with van der Waals surface area (Å²) >= 11 is 0. The lowest BCUT2D eigenvalue weighted by Crippen LogP contribution is -2.11. The lowest BCUT2D eigenvalue weighted by atomic mass is 10.1. The van der Waals surface area contributed by atoms with E-state index in [0.29, 0.717) is 0 Å². The largest absolute Gasteiger partial charge is 0.378 e. The Bertz CT molecular complexity index is 864. The van der Waals surface area contributed by atoms with Crippen molar-refractivity contribution in [3.8, 4) is 5.69 Å². The van der Waals surface area contributed by atoms with Crippen molar-refractivity contribution >= 4 is 17.5 Å². The molecule has 0 aliphatic rings. The molecule has 9 heteroatoms. The number of imidazole rings is 1. The van der Waals surface area contributed by atoms with Gasteiger partial charge in [0, 0.05) is 18.1 Å². The minimum atomic E-state index is -0.614. The van der Waals surface area contributed by atoms with Gasteiger partial charge in [-0.25, -0.2) is 9.97 Å². The zero-order valence-corrected chi connectivity index (χ0v) is 12.8. The van der Waals surface area contributed by atoms with Crippen LogP contribution < -0.4 is 11.1 Å². The van der Waals surface area contributed by atoms with Crippen molar-refractivity contribution in [3.05, 3.63) is 64.9 Å². The fourth-order valence-corrected chi connectivity index (χ4v) is 2.24. The van der Waals surface area contributed by atoms with Crippen molar-refractivity contribution in [2.75, 3.05) is 11.1 Å². The molecule has 0 saturated heterocycles. The SMILES string of the molecule is CC(Nc1ncc([N+](=O)[O-])c(N)n1)c1cccc(-n2ccnc2)c1. The maximum Gasteiger partial charge on any atom is 0.329 e. The molecule has 0 amide bonds. The summed E-state index contributed by atoms with van der Waals surface area (Å²) in [6.45, 7) is 1.94. The molecule has 0 aliphatic carbocycles. The van der Waals surface area contributed by atoms with Gasteiger partial charge in [0.15, 0.2) is 0 Å². The molecule has 1 unspecified atom stereocenters. The summed E-state index contributed by atoms with van der Waals surface area (Å²) < 4.78 is 1.90. The van der Waals surface area contributed by atoms with Crippen molar-refractivity contribution in [1.82, 2.24) is 19.5 Å². The molecule has 122 valence electrons. The first kappa shape index (κ1) is 15.4. The predicted octanol–water partition coefficient (Wildman–Crippen LogP) is 2.33. The highest BCUT2D eigenvalue weighted by molar-refractivity contribution is 5.53. The number of hydrogen-bond donors (Lipinski definition) is 2. The topological polar surface area (TPSA) is 125 Å². The molecule has 24 heavy (non-hydrogen) atoms. The Hall–Kier alpha value is -3.49. The Balaban J connectivity index is 1.80. The first-order valence-corrected chi connectivity index (χ1v) is 7.16. The van der Waals surface area contributed by atoms with E-state index in [1.54, 1.807) is 12.5 Å². The predicted molar refractivity (Wildman–Crippen MR) is 88.7 cm³/mol. The number of nitrogens with two attached hydrogens (primary N) is 1. The summed E-state index contributed by atoms with van der Waals surface area (Å²) in [7, 11) is 0. The lowest BCUT2D eigenvalue weighted by molar-refractivity contribution is -0.384. The van der Waals surface area contributed by atoms with E-state index in [1.807, 2.05) is 42.0 Å². The highest BCUT2D eigenvalue weighted by Crippen LogP contribution is 2.22. The number of nitrogen functional groups attached to an aromatic ring is 1. The molecule has 9 nitrogen and oxygen atoms in total. The summed E-state index contributed by atoms with van der Waals surface area (Å²) in [4.78, 5) is 22.0. The third-order valence-electron chi connectivity index (χ3n) is 3.51. The molecule has 0 saturated carbocycles. The minimum absolute atomic E-state index is 0.116. The van der Waals surface area contributed by atoms with Crippen LogP contribution in [0.1, 0.15) is 18.5 Å². The molecule has 0 aliphatic heterocycles. The molecular formula is C15H15N7O2. The van der Waals surface area contributed by atoms with E-state index in [0.717, 1.165) is 17.4 Å². The molecule has 3 rings (SSSR count). The van der Waals surface area contributed by atoms with Gasteiger partial charge < -0.3 is 15.6 Å². The molecule has 0 fully saturated rings. The van der Waals surface area contributed by atoms with Crippen LogP contribution in [0.3, 0.4) is 0 Å². The normalized spacial score (nSPS) is 11.9. The fraction of sp³-hybridized carbons (Fsp3) is 0.133. The summed E-state index contributed by atoms with van der Waals surface area (Å²) in [5, 5.41) is 13.8. The van der Waals surface area contributed by atoms with Gasteiger partial charge in [-0.1, -0.05) is 12.1 Å². The Morgan fingerprint density at radius 2 is 2.25 bits per heavy atom. The molecule has 2 aromatic heterocycles. The van der Waals surface area contributed by atoms with E-state index in [-0.39, 0.29) is 23.5 Å². The number of nitrogens with one attached hydrogen (secondary N) is 1. The van der Waals surface area contributed by atoms with Crippen LogP contribution in [0.5, 0.6) is 0 Å².